The molecular formula is C11H20N2O2. The predicted molar refractivity (Wildman–Crippen MR) is 57.4 cm³/mol. The van der Waals surface area contributed by atoms with Gasteiger partial charge in [0.1, 0.15) is 0 Å². The van der Waals surface area contributed by atoms with E-state index in [2.05, 4.69) is 10.6 Å². The van der Waals surface area contributed by atoms with Crippen LogP contribution in [-0.2, 0) is 4.79 Å². The van der Waals surface area contributed by atoms with Gasteiger partial charge in [-0.1, -0.05) is 12.8 Å². The van der Waals surface area contributed by atoms with Crippen LogP contribution in [0.1, 0.15) is 32.1 Å². The lowest BCUT2D eigenvalue weighted by atomic mass is 10.2. The van der Waals surface area contributed by atoms with Crippen molar-refractivity contribution in [2.45, 2.75) is 44.2 Å². The van der Waals surface area contributed by atoms with Crippen molar-refractivity contribution in [2.24, 2.45) is 5.92 Å². The SMILES string of the molecule is O=C(NCCCC1CC1)C1CC(O)CN1. The summed E-state index contributed by atoms with van der Waals surface area (Å²) in [6.45, 7) is 1.32. The molecule has 1 heterocycles. The van der Waals surface area contributed by atoms with Gasteiger partial charge in [0.05, 0.1) is 12.1 Å². The van der Waals surface area contributed by atoms with Crippen molar-refractivity contribution in [2.75, 3.05) is 13.1 Å². The third-order valence-electron chi connectivity index (χ3n) is 3.21. The summed E-state index contributed by atoms with van der Waals surface area (Å²) in [6, 6.07) is -0.180. The molecular weight excluding hydrogens is 192 g/mol. The Morgan fingerprint density at radius 2 is 2.27 bits per heavy atom. The van der Waals surface area contributed by atoms with Gasteiger partial charge in [-0.3, -0.25) is 4.79 Å². The van der Waals surface area contributed by atoms with E-state index in [9.17, 15) is 9.90 Å². The van der Waals surface area contributed by atoms with Gasteiger partial charge in [0.15, 0.2) is 0 Å². The van der Waals surface area contributed by atoms with Gasteiger partial charge in [0.25, 0.3) is 0 Å². The molecule has 4 heteroatoms. The number of aliphatic hydroxyl groups is 1. The number of β-amino-alcohol motifs (C(OH)–C–C–N with tert-alkyl or cyclic N) is 1. The van der Waals surface area contributed by atoms with Crippen LogP contribution in [0, 0.1) is 5.92 Å². The first kappa shape index (κ1) is 10.9. The normalized spacial score (nSPS) is 30.5. The van der Waals surface area contributed by atoms with Crippen molar-refractivity contribution in [3.63, 3.8) is 0 Å². The summed E-state index contributed by atoms with van der Waals surface area (Å²) < 4.78 is 0. The van der Waals surface area contributed by atoms with E-state index in [1.807, 2.05) is 0 Å². The quantitative estimate of drug-likeness (QED) is 0.563. The zero-order chi connectivity index (χ0) is 10.7. The zero-order valence-corrected chi connectivity index (χ0v) is 9.04. The van der Waals surface area contributed by atoms with E-state index in [0.717, 1.165) is 18.9 Å². The van der Waals surface area contributed by atoms with Crippen molar-refractivity contribution in [1.29, 1.82) is 0 Å². The fourth-order valence-electron chi connectivity index (χ4n) is 2.05. The number of amides is 1. The Balaban J connectivity index is 1.55. The van der Waals surface area contributed by atoms with Crippen LogP contribution in [-0.4, -0.2) is 36.2 Å². The Morgan fingerprint density at radius 1 is 1.47 bits per heavy atom. The maximum Gasteiger partial charge on any atom is 0.237 e. The molecule has 2 fully saturated rings. The van der Waals surface area contributed by atoms with Crippen molar-refractivity contribution in [3.05, 3.63) is 0 Å². The van der Waals surface area contributed by atoms with Gasteiger partial charge in [0, 0.05) is 13.1 Å². The Kier molecular flexibility index (Phi) is 3.59. The van der Waals surface area contributed by atoms with Crippen LogP contribution in [0.3, 0.4) is 0 Å². The van der Waals surface area contributed by atoms with Crippen molar-refractivity contribution in [1.82, 2.24) is 10.6 Å². The highest BCUT2D eigenvalue weighted by Crippen LogP contribution is 2.33. The molecule has 0 spiro atoms. The molecule has 0 radical (unpaired) electrons. The average molecular weight is 212 g/mol. The molecule has 1 amide bonds. The molecule has 1 aliphatic heterocycles. The number of aliphatic hydroxyl groups excluding tert-OH is 1. The zero-order valence-electron chi connectivity index (χ0n) is 9.04. The van der Waals surface area contributed by atoms with Crippen LogP contribution in [0.5, 0.6) is 0 Å². The highest BCUT2D eigenvalue weighted by Gasteiger charge is 2.27. The Bertz CT molecular complexity index is 229. The largest absolute Gasteiger partial charge is 0.392 e. The molecule has 3 N–H and O–H groups in total. The van der Waals surface area contributed by atoms with E-state index < -0.39 is 0 Å². The molecule has 0 bridgehead atoms. The maximum atomic E-state index is 11.6. The van der Waals surface area contributed by atoms with Crippen LogP contribution >= 0.6 is 0 Å². The van der Waals surface area contributed by atoms with Crippen molar-refractivity contribution < 1.29 is 9.90 Å². The smallest absolute Gasteiger partial charge is 0.237 e. The molecule has 0 aromatic carbocycles. The Hall–Kier alpha value is -0.610. The second kappa shape index (κ2) is 4.94. The van der Waals surface area contributed by atoms with Gasteiger partial charge in [0.2, 0.25) is 5.91 Å². The molecule has 4 nitrogen and oxygen atoms in total. The lowest BCUT2D eigenvalue weighted by Gasteiger charge is -2.10. The lowest BCUT2D eigenvalue weighted by Crippen LogP contribution is -2.40. The second-order valence-electron chi connectivity index (χ2n) is 4.73. The molecule has 1 saturated heterocycles. The number of carbonyl (C=O) groups excluding carboxylic acids is 1. The van der Waals surface area contributed by atoms with Crippen molar-refractivity contribution >= 4 is 5.91 Å². The molecule has 2 aliphatic rings. The lowest BCUT2D eigenvalue weighted by molar-refractivity contribution is -0.122. The topological polar surface area (TPSA) is 61.4 Å². The van der Waals surface area contributed by atoms with Crippen LogP contribution in [0.2, 0.25) is 0 Å². The fourth-order valence-corrected chi connectivity index (χ4v) is 2.05. The van der Waals surface area contributed by atoms with E-state index in [4.69, 9.17) is 0 Å². The minimum absolute atomic E-state index is 0.0438. The standard InChI is InChI=1S/C11H20N2O2/c14-9-6-10(13-7-9)11(15)12-5-1-2-8-3-4-8/h8-10,13-14H,1-7H2,(H,12,15). The van der Waals surface area contributed by atoms with Gasteiger partial charge < -0.3 is 15.7 Å². The first-order valence-electron chi connectivity index (χ1n) is 5.95. The van der Waals surface area contributed by atoms with Gasteiger partial charge in [-0.2, -0.15) is 0 Å². The van der Waals surface area contributed by atoms with Crippen LogP contribution < -0.4 is 10.6 Å². The fraction of sp³-hybridized carbons (Fsp3) is 0.909. The van der Waals surface area contributed by atoms with E-state index in [1.165, 1.54) is 19.3 Å². The van der Waals surface area contributed by atoms with Crippen LogP contribution in [0.25, 0.3) is 0 Å². The molecule has 1 saturated carbocycles. The summed E-state index contributed by atoms with van der Waals surface area (Å²) in [4.78, 5) is 11.6. The van der Waals surface area contributed by atoms with Crippen molar-refractivity contribution in [3.8, 4) is 0 Å². The van der Waals surface area contributed by atoms with E-state index in [0.29, 0.717) is 13.0 Å². The second-order valence-corrected chi connectivity index (χ2v) is 4.73. The maximum absolute atomic E-state index is 11.6. The number of hydrogen-bond acceptors (Lipinski definition) is 3. The van der Waals surface area contributed by atoms with Crippen LogP contribution in [0.4, 0.5) is 0 Å². The monoisotopic (exact) mass is 212 g/mol. The van der Waals surface area contributed by atoms with Gasteiger partial charge in [-0.05, 0) is 25.2 Å². The molecule has 2 unspecified atom stereocenters. The molecule has 2 atom stereocenters. The molecule has 86 valence electrons. The third-order valence-corrected chi connectivity index (χ3v) is 3.21. The van der Waals surface area contributed by atoms with E-state index >= 15 is 0 Å². The summed E-state index contributed by atoms with van der Waals surface area (Å²) in [5.74, 6) is 0.982. The Labute approximate surface area is 90.4 Å². The summed E-state index contributed by atoms with van der Waals surface area (Å²) in [7, 11) is 0. The van der Waals surface area contributed by atoms with Gasteiger partial charge in [-0.25, -0.2) is 0 Å². The summed E-state index contributed by atoms with van der Waals surface area (Å²) in [5.41, 5.74) is 0. The first-order valence-corrected chi connectivity index (χ1v) is 5.95. The van der Waals surface area contributed by atoms with Crippen LogP contribution in [0.15, 0.2) is 0 Å². The molecule has 1 aliphatic carbocycles. The predicted octanol–water partition coefficient (Wildman–Crippen LogP) is 0.0156. The summed E-state index contributed by atoms with van der Waals surface area (Å²) >= 11 is 0. The minimum Gasteiger partial charge on any atom is -0.392 e. The highest BCUT2D eigenvalue weighted by molar-refractivity contribution is 5.82. The summed E-state index contributed by atoms with van der Waals surface area (Å²) in [5, 5.41) is 15.2. The van der Waals surface area contributed by atoms with E-state index in [-0.39, 0.29) is 18.1 Å². The number of carbonyl (C=O) groups is 1. The Morgan fingerprint density at radius 3 is 2.87 bits per heavy atom. The van der Waals surface area contributed by atoms with Gasteiger partial charge in [-0.15, -0.1) is 0 Å². The molecule has 2 rings (SSSR count). The number of hydrogen-bond donors (Lipinski definition) is 3. The average Bonchev–Trinajstić information content (AvgIpc) is 2.94. The molecule has 15 heavy (non-hydrogen) atoms. The van der Waals surface area contributed by atoms with E-state index in [1.54, 1.807) is 0 Å². The number of nitrogens with one attached hydrogen (secondary N) is 2. The highest BCUT2D eigenvalue weighted by atomic mass is 16.3. The first-order chi connectivity index (χ1) is 7.25. The third kappa shape index (κ3) is 3.47. The molecule has 0 aromatic rings. The van der Waals surface area contributed by atoms with Gasteiger partial charge >= 0.3 is 0 Å². The minimum atomic E-state index is -0.354. The number of rotatable bonds is 5. The summed E-state index contributed by atoms with van der Waals surface area (Å²) in [6.07, 6.45) is 5.29. The molecule has 0 aromatic heterocycles.